The Morgan fingerprint density at radius 2 is 1.93 bits per heavy atom. The van der Waals surface area contributed by atoms with Crippen molar-refractivity contribution in [3.05, 3.63) is 71.4 Å². The van der Waals surface area contributed by atoms with Crippen LogP contribution >= 0.6 is 15.9 Å². The Morgan fingerprint density at radius 1 is 1.19 bits per heavy atom. The van der Waals surface area contributed by atoms with Crippen LogP contribution in [-0.4, -0.2) is 40.4 Å². The lowest BCUT2D eigenvalue weighted by Crippen LogP contribution is -2.50. The standard InChI is InChI=1S/C22H23BrN2O2/c1-2-27-22(26)19-14-17-16-10-6-7-11-18(16)24-20(17)21(25(19)13-12-23)15-8-4-3-5-9-15/h3-11,19,21,24H,2,12-14H2,1H3/t19-,21+/m0/s1. The largest absolute Gasteiger partial charge is 0.465 e. The van der Waals surface area contributed by atoms with Crippen molar-refractivity contribution in [2.75, 3.05) is 18.5 Å². The lowest BCUT2D eigenvalue weighted by atomic mass is 9.88. The molecule has 0 aliphatic carbocycles. The summed E-state index contributed by atoms with van der Waals surface area (Å²) < 4.78 is 5.44. The van der Waals surface area contributed by atoms with Crippen LogP contribution in [0.1, 0.15) is 29.8 Å². The number of hydrogen-bond acceptors (Lipinski definition) is 3. The smallest absolute Gasteiger partial charge is 0.323 e. The van der Waals surface area contributed by atoms with E-state index in [0.29, 0.717) is 13.0 Å². The summed E-state index contributed by atoms with van der Waals surface area (Å²) in [7, 11) is 0. The molecular weight excluding hydrogens is 404 g/mol. The van der Waals surface area contributed by atoms with Gasteiger partial charge in [0, 0.05) is 34.9 Å². The topological polar surface area (TPSA) is 45.3 Å². The van der Waals surface area contributed by atoms with Gasteiger partial charge in [0.05, 0.1) is 12.6 Å². The summed E-state index contributed by atoms with van der Waals surface area (Å²) in [6, 6.07) is 18.4. The number of fused-ring (bicyclic) bond motifs is 3. The second-order valence-corrected chi connectivity index (χ2v) is 7.57. The molecule has 2 aromatic carbocycles. The number of nitrogens with zero attached hydrogens (tertiary/aromatic N) is 1. The summed E-state index contributed by atoms with van der Waals surface area (Å²) in [4.78, 5) is 18.7. The van der Waals surface area contributed by atoms with Gasteiger partial charge in [-0.3, -0.25) is 9.69 Å². The van der Waals surface area contributed by atoms with Crippen LogP contribution in [0, 0.1) is 0 Å². The highest BCUT2D eigenvalue weighted by Gasteiger charge is 2.41. The number of hydrogen-bond donors (Lipinski definition) is 1. The van der Waals surface area contributed by atoms with Gasteiger partial charge in [0.25, 0.3) is 0 Å². The molecule has 5 heteroatoms. The van der Waals surface area contributed by atoms with Gasteiger partial charge in [-0.2, -0.15) is 0 Å². The predicted molar refractivity (Wildman–Crippen MR) is 111 cm³/mol. The molecule has 0 saturated carbocycles. The molecule has 1 N–H and O–H groups in total. The molecule has 0 saturated heterocycles. The van der Waals surface area contributed by atoms with E-state index in [4.69, 9.17) is 4.74 Å². The first kappa shape index (κ1) is 18.3. The van der Waals surface area contributed by atoms with Crippen molar-refractivity contribution in [2.24, 2.45) is 0 Å². The molecule has 27 heavy (non-hydrogen) atoms. The highest BCUT2D eigenvalue weighted by molar-refractivity contribution is 9.09. The zero-order valence-corrected chi connectivity index (χ0v) is 16.9. The molecule has 2 atom stereocenters. The number of aromatic amines is 1. The van der Waals surface area contributed by atoms with Gasteiger partial charge in [-0.25, -0.2) is 0 Å². The summed E-state index contributed by atoms with van der Waals surface area (Å²) in [5.41, 5.74) is 4.71. The van der Waals surface area contributed by atoms with Gasteiger partial charge in [0.2, 0.25) is 0 Å². The minimum atomic E-state index is -0.292. The third kappa shape index (κ3) is 3.30. The first-order valence-corrected chi connectivity index (χ1v) is 10.5. The van der Waals surface area contributed by atoms with Crippen LogP contribution in [0.4, 0.5) is 0 Å². The fourth-order valence-electron chi connectivity index (χ4n) is 4.16. The predicted octanol–water partition coefficient (Wildman–Crippen LogP) is 4.44. The van der Waals surface area contributed by atoms with Crippen LogP contribution < -0.4 is 0 Å². The highest BCUT2D eigenvalue weighted by Crippen LogP contribution is 2.40. The Balaban J connectivity index is 1.90. The van der Waals surface area contributed by atoms with Gasteiger partial charge in [0.1, 0.15) is 6.04 Å². The second-order valence-electron chi connectivity index (χ2n) is 6.77. The first-order chi connectivity index (χ1) is 13.2. The maximum Gasteiger partial charge on any atom is 0.323 e. The Kier molecular flexibility index (Phi) is 5.32. The Bertz CT molecular complexity index is 938. The minimum Gasteiger partial charge on any atom is -0.465 e. The van der Waals surface area contributed by atoms with Crippen LogP contribution in [0.15, 0.2) is 54.6 Å². The third-order valence-corrected chi connectivity index (χ3v) is 5.62. The van der Waals surface area contributed by atoms with Gasteiger partial charge < -0.3 is 9.72 Å². The zero-order valence-electron chi connectivity index (χ0n) is 15.3. The number of H-pyrrole nitrogens is 1. The van der Waals surface area contributed by atoms with E-state index >= 15 is 0 Å². The fourth-order valence-corrected chi connectivity index (χ4v) is 4.57. The van der Waals surface area contributed by atoms with Gasteiger partial charge >= 0.3 is 5.97 Å². The number of rotatable bonds is 5. The molecule has 2 heterocycles. The molecule has 0 amide bonds. The van der Waals surface area contributed by atoms with Crippen molar-refractivity contribution in [2.45, 2.75) is 25.4 Å². The Labute approximate surface area is 167 Å². The van der Waals surface area contributed by atoms with E-state index in [9.17, 15) is 4.79 Å². The molecule has 0 bridgehead atoms. The van der Waals surface area contributed by atoms with Crippen LogP contribution in [0.2, 0.25) is 0 Å². The summed E-state index contributed by atoms with van der Waals surface area (Å²) >= 11 is 3.57. The van der Waals surface area contributed by atoms with Gasteiger partial charge in [-0.1, -0.05) is 64.5 Å². The molecule has 4 nitrogen and oxygen atoms in total. The molecule has 1 aliphatic rings. The second kappa shape index (κ2) is 7.87. The number of benzene rings is 2. The van der Waals surface area contributed by atoms with Crippen molar-refractivity contribution in [1.29, 1.82) is 0 Å². The summed E-state index contributed by atoms with van der Waals surface area (Å²) in [6.07, 6.45) is 0.661. The molecule has 1 aliphatic heterocycles. The molecular formula is C22H23BrN2O2. The van der Waals surface area contributed by atoms with E-state index in [2.05, 4.69) is 68.3 Å². The number of nitrogens with one attached hydrogen (secondary N) is 1. The number of carbonyl (C=O) groups is 1. The van der Waals surface area contributed by atoms with Crippen LogP contribution in [0.25, 0.3) is 10.9 Å². The van der Waals surface area contributed by atoms with Gasteiger partial charge in [-0.05, 0) is 24.1 Å². The van der Waals surface area contributed by atoms with Crippen LogP contribution in [-0.2, 0) is 16.0 Å². The van der Waals surface area contributed by atoms with Gasteiger partial charge in [0.15, 0.2) is 0 Å². The molecule has 4 rings (SSSR count). The van der Waals surface area contributed by atoms with Crippen molar-refractivity contribution in [3.63, 3.8) is 0 Å². The zero-order chi connectivity index (χ0) is 18.8. The molecule has 0 radical (unpaired) electrons. The lowest BCUT2D eigenvalue weighted by molar-refractivity contribution is -0.150. The molecule has 0 unspecified atom stereocenters. The average molecular weight is 427 g/mol. The fraction of sp³-hybridized carbons (Fsp3) is 0.318. The minimum absolute atomic E-state index is 0.00527. The van der Waals surface area contributed by atoms with E-state index in [0.717, 1.165) is 17.4 Å². The quantitative estimate of drug-likeness (QED) is 0.484. The maximum absolute atomic E-state index is 12.8. The molecule has 3 aromatic rings. The van der Waals surface area contributed by atoms with Crippen molar-refractivity contribution in [1.82, 2.24) is 9.88 Å². The van der Waals surface area contributed by atoms with E-state index in [1.54, 1.807) is 0 Å². The number of esters is 1. The van der Waals surface area contributed by atoms with Crippen LogP contribution in [0.3, 0.4) is 0 Å². The molecule has 140 valence electrons. The number of para-hydroxylation sites is 1. The number of carbonyl (C=O) groups excluding carboxylic acids is 1. The molecule has 0 spiro atoms. The summed E-state index contributed by atoms with van der Waals surface area (Å²) in [5, 5.41) is 1.99. The van der Waals surface area contributed by atoms with E-state index in [1.807, 2.05) is 19.1 Å². The first-order valence-electron chi connectivity index (χ1n) is 9.37. The third-order valence-electron chi connectivity index (χ3n) is 5.27. The monoisotopic (exact) mass is 426 g/mol. The average Bonchev–Trinajstić information content (AvgIpc) is 3.06. The van der Waals surface area contributed by atoms with Crippen molar-refractivity contribution < 1.29 is 9.53 Å². The van der Waals surface area contributed by atoms with Gasteiger partial charge in [-0.15, -0.1) is 0 Å². The van der Waals surface area contributed by atoms with Crippen molar-refractivity contribution >= 4 is 32.8 Å². The Hall–Kier alpha value is -2.11. The molecule has 1 aromatic heterocycles. The van der Waals surface area contributed by atoms with Crippen molar-refractivity contribution in [3.8, 4) is 0 Å². The maximum atomic E-state index is 12.8. The number of aromatic nitrogens is 1. The number of ether oxygens (including phenoxy) is 1. The Morgan fingerprint density at radius 3 is 2.67 bits per heavy atom. The summed E-state index contributed by atoms with van der Waals surface area (Å²) in [6.45, 7) is 3.02. The molecule has 0 fully saturated rings. The van der Waals surface area contributed by atoms with E-state index in [-0.39, 0.29) is 18.1 Å². The summed E-state index contributed by atoms with van der Waals surface area (Å²) in [5.74, 6) is -0.143. The number of alkyl halides is 1. The highest BCUT2D eigenvalue weighted by atomic mass is 79.9. The SMILES string of the molecule is CCOC(=O)[C@@H]1Cc2c([nH]c3ccccc23)[C@@H](c2ccccc2)N1CCBr. The van der Waals surface area contributed by atoms with E-state index < -0.39 is 0 Å². The van der Waals surface area contributed by atoms with E-state index in [1.165, 1.54) is 22.2 Å². The lowest BCUT2D eigenvalue weighted by Gasteiger charge is -2.40. The normalized spacial score (nSPS) is 19.8. The van der Waals surface area contributed by atoms with Crippen LogP contribution in [0.5, 0.6) is 0 Å². The number of halogens is 1.